The summed E-state index contributed by atoms with van der Waals surface area (Å²) < 4.78 is 0. The van der Waals surface area contributed by atoms with Crippen LogP contribution in [0.5, 0.6) is 0 Å². The van der Waals surface area contributed by atoms with E-state index in [0.29, 0.717) is 31.5 Å². The molecule has 9 heteroatoms. The van der Waals surface area contributed by atoms with Crippen LogP contribution in [0.1, 0.15) is 12.1 Å². The number of aromatic nitrogens is 3. The number of fused-ring (bicyclic) bond motifs is 4. The van der Waals surface area contributed by atoms with Gasteiger partial charge < -0.3 is 20.9 Å². The second-order valence-corrected chi connectivity index (χ2v) is 8.47. The molecule has 0 unspecified atom stereocenters. The molecule has 0 aromatic carbocycles. The summed E-state index contributed by atoms with van der Waals surface area (Å²) in [6.45, 7) is 3.82. The second-order valence-electron chi connectivity index (χ2n) is 8.47. The maximum Gasteiger partial charge on any atom is 0.324 e. The van der Waals surface area contributed by atoms with Crippen LogP contribution in [-0.2, 0) is 6.54 Å². The average Bonchev–Trinajstić information content (AvgIpc) is 3.37. The number of carbonyl (C=O) groups is 1. The molecule has 0 saturated carbocycles. The molecule has 3 aromatic heterocycles. The molecule has 0 radical (unpaired) electrons. The fourth-order valence-electron chi connectivity index (χ4n) is 4.76. The first kappa shape index (κ1) is 18.9. The fraction of sp³-hybridized carbons (Fsp3) is 0.304. The molecule has 32 heavy (non-hydrogen) atoms. The number of hydrogen-bond donors (Lipinski definition) is 2. The van der Waals surface area contributed by atoms with E-state index < -0.39 is 0 Å². The summed E-state index contributed by atoms with van der Waals surface area (Å²) in [6, 6.07) is 12.2. The van der Waals surface area contributed by atoms with Crippen molar-refractivity contribution in [2.45, 2.75) is 19.0 Å². The first-order chi connectivity index (χ1) is 15.6. The number of hydrogen-bond acceptors (Lipinski definition) is 7. The zero-order valence-electron chi connectivity index (χ0n) is 17.6. The summed E-state index contributed by atoms with van der Waals surface area (Å²) in [5.74, 6) is 1.36. The van der Waals surface area contributed by atoms with E-state index in [1.807, 2.05) is 12.1 Å². The predicted octanol–water partition coefficient (Wildman–Crippen LogP) is 2.57. The molecule has 0 aliphatic carbocycles. The highest BCUT2D eigenvalue weighted by atomic mass is 16.2. The zero-order valence-corrected chi connectivity index (χ0v) is 17.6. The molecule has 3 aliphatic rings. The Hall–Kier alpha value is -3.88. The topological polar surface area (TPSA) is 104 Å². The molecule has 3 N–H and O–H groups in total. The summed E-state index contributed by atoms with van der Waals surface area (Å²) in [5, 5.41) is 3.56. The van der Waals surface area contributed by atoms with Gasteiger partial charge in [0.15, 0.2) is 5.82 Å². The number of pyridine rings is 3. The van der Waals surface area contributed by atoms with Crippen LogP contribution in [0.3, 0.4) is 0 Å². The lowest BCUT2D eigenvalue weighted by Crippen LogP contribution is -2.32. The summed E-state index contributed by atoms with van der Waals surface area (Å²) in [5.41, 5.74) is 10.5. The van der Waals surface area contributed by atoms with Crippen molar-refractivity contribution in [2.75, 3.05) is 47.0 Å². The predicted molar refractivity (Wildman–Crippen MR) is 124 cm³/mol. The molecule has 162 valence electrons. The van der Waals surface area contributed by atoms with Crippen LogP contribution in [0.2, 0.25) is 0 Å². The minimum Gasteiger partial charge on any atom is -0.384 e. The van der Waals surface area contributed by atoms with Gasteiger partial charge in [-0.2, -0.15) is 0 Å². The average molecular weight is 429 g/mol. The molecule has 2 fully saturated rings. The Labute approximate surface area is 185 Å². The molecule has 6 rings (SSSR count). The van der Waals surface area contributed by atoms with Crippen molar-refractivity contribution in [2.24, 2.45) is 0 Å². The third-order valence-corrected chi connectivity index (χ3v) is 6.38. The van der Waals surface area contributed by atoms with E-state index in [2.05, 4.69) is 32.3 Å². The molecular formula is C23H24N8O. The van der Waals surface area contributed by atoms with Gasteiger partial charge in [-0.05, 0) is 36.8 Å². The van der Waals surface area contributed by atoms with Crippen LogP contribution in [-0.4, -0.2) is 58.1 Å². The van der Waals surface area contributed by atoms with Crippen LogP contribution in [0.4, 0.5) is 27.8 Å². The van der Waals surface area contributed by atoms with Crippen molar-refractivity contribution in [3.63, 3.8) is 0 Å². The SMILES string of the molecule is Nc1cc(N2CCN(Cc3cc(-c4ccc5c(n4)N[C@H]4CCN5C4)ccn3)C2=O)ccn1. The van der Waals surface area contributed by atoms with Gasteiger partial charge in [0.1, 0.15) is 5.82 Å². The number of anilines is 4. The molecule has 3 aliphatic heterocycles. The van der Waals surface area contributed by atoms with Crippen molar-refractivity contribution in [1.82, 2.24) is 19.9 Å². The van der Waals surface area contributed by atoms with Gasteiger partial charge in [0, 0.05) is 56.2 Å². The standard InChI is InChI=1S/C23H24N8O/c24-21-12-18(4-7-26-21)31-10-9-30(23(31)32)14-17-11-15(3-6-25-17)19-1-2-20-22(28-19)27-16-5-8-29(20)13-16/h1-4,6-7,11-12,16H,5,8-10,13-14H2,(H2,24,26)(H,27,28)/t16-/m0/s1. The fourth-order valence-corrected chi connectivity index (χ4v) is 4.76. The number of rotatable bonds is 4. The van der Waals surface area contributed by atoms with Crippen LogP contribution in [0.25, 0.3) is 11.3 Å². The smallest absolute Gasteiger partial charge is 0.324 e. The number of amides is 2. The number of nitrogens with two attached hydrogens (primary N) is 1. The summed E-state index contributed by atoms with van der Waals surface area (Å²) >= 11 is 0. The monoisotopic (exact) mass is 428 g/mol. The van der Waals surface area contributed by atoms with Gasteiger partial charge >= 0.3 is 6.03 Å². The highest BCUT2D eigenvalue weighted by Crippen LogP contribution is 2.35. The minimum absolute atomic E-state index is 0.0524. The second kappa shape index (κ2) is 7.37. The lowest BCUT2D eigenvalue weighted by atomic mass is 10.1. The molecule has 2 bridgehead atoms. The molecule has 3 aromatic rings. The maximum atomic E-state index is 12.9. The first-order valence-corrected chi connectivity index (χ1v) is 10.9. The van der Waals surface area contributed by atoms with E-state index in [1.54, 1.807) is 34.3 Å². The van der Waals surface area contributed by atoms with Gasteiger partial charge in [-0.1, -0.05) is 0 Å². The molecule has 0 spiro atoms. The van der Waals surface area contributed by atoms with E-state index in [9.17, 15) is 4.79 Å². The Morgan fingerprint density at radius 1 is 1.06 bits per heavy atom. The number of urea groups is 1. The number of nitrogens with one attached hydrogen (secondary N) is 1. The maximum absolute atomic E-state index is 12.9. The Morgan fingerprint density at radius 2 is 1.97 bits per heavy atom. The molecule has 2 saturated heterocycles. The summed E-state index contributed by atoms with van der Waals surface area (Å²) in [7, 11) is 0. The third-order valence-electron chi connectivity index (χ3n) is 6.38. The van der Waals surface area contributed by atoms with Crippen molar-refractivity contribution >= 4 is 29.0 Å². The van der Waals surface area contributed by atoms with Gasteiger partial charge in [-0.3, -0.25) is 9.88 Å². The van der Waals surface area contributed by atoms with Crippen molar-refractivity contribution in [1.29, 1.82) is 0 Å². The van der Waals surface area contributed by atoms with Gasteiger partial charge in [0.2, 0.25) is 0 Å². The van der Waals surface area contributed by atoms with E-state index in [1.165, 1.54) is 5.69 Å². The van der Waals surface area contributed by atoms with E-state index in [-0.39, 0.29) is 6.03 Å². The quantitative estimate of drug-likeness (QED) is 0.658. The summed E-state index contributed by atoms with van der Waals surface area (Å²) in [4.78, 5) is 32.3. The van der Waals surface area contributed by atoms with E-state index in [0.717, 1.165) is 48.0 Å². The van der Waals surface area contributed by atoms with Crippen molar-refractivity contribution in [3.8, 4) is 11.3 Å². The Bertz CT molecular complexity index is 1200. The van der Waals surface area contributed by atoms with Crippen LogP contribution < -0.4 is 20.9 Å². The molecular weight excluding hydrogens is 404 g/mol. The van der Waals surface area contributed by atoms with Gasteiger partial charge in [-0.25, -0.2) is 14.8 Å². The number of nitrogen functional groups attached to an aromatic ring is 1. The largest absolute Gasteiger partial charge is 0.384 e. The molecule has 9 nitrogen and oxygen atoms in total. The molecule has 1 atom stereocenters. The van der Waals surface area contributed by atoms with Crippen LogP contribution in [0, 0.1) is 0 Å². The highest BCUT2D eigenvalue weighted by molar-refractivity contribution is 5.94. The van der Waals surface area contributed by atoms with Gasteiger partial charge in [0.25, 0.3) is 0 Å². The normalized spacial score (nSPS) is 19.3. The Balaban J connectivity index is 1.21. The van der Waals surface area contributed by atoms with Crippen molar-refractivity contribution < 1.29 is 4.79 Å². The van der Waals surface area contributed by atoms with Gasteiger partial charge in [-0.15, -0.1) is 0 Å². The molecule has 2 amide bonds. The van der Waals surface area contributed by atoms with E-state index in [4.69, 9.17) is 10.7 Å². The Morgan fingerprint density at radius 3 is 2.88 bits per heavy atom. The van der Waals surface area contributed by atoms with Crippen LogP contribution >= 0.6 is 0 Å². The highest BCUT2D eigenvalue weighted by Gasteiger charge is 2.31. The first-order valence-electron chi connectivity index (χ1n) is 10.9. The van der Waals surface area contributed by atoms with E-state index >= 15 is 0 Å². The summed E-state index contributed by atoms with van der Waals surface area (Å²) in [6.07, 6.45) is 4.56. The minimum atomic E-state index is -0.0524. The zero-order chi connectivity index (χ0) is 21.7. The van der Waals surface area contributed by atoms with Crippen LogP contribution in [0.15, 0.2) is 48.8 Å². The lowest BCUT2D eigenvalue weighted by Gasteiger charge is -2.28. The van der Waals surface area contributed by atoms with Crippen molar-refractivity contribution in [3.05, 3.63) is 54.5 Å². The number of nitrogens with zero attached hydrogens (tertiary/aromatic N) is 6. The Kier molecular flexibility index (Phi) is 4.34. The number of carbonyl (C=O) groups excluding carboxylic acids is 1. The van der Waals surface area contributed by atoms with Gasteiger partial charge in [0.05, 0.1) is 29.3 Å². The third kappa shape index (κ3) is 3.26. The lowest BCUT2D eigenvalue weighted by molar-refractivity contribution is 0.218. The molecule has 6 heterocycles.